The molecule has 0 unspecified atom stereocenters. The van der Waals surface area contributed by atoms with Crippen molar-refractivity contribution < 1.29 is 9.21 Å². The Morgan fingerprint density at radius 1 is 1.55 bits per heavy atom. The van der Waals surface area contributed by atoms with Crippen LogP contribution in [0.3, 0.4) is 0 Å². The fourth-order valence-electron chi connectivity index (χ4n) is 1.47. The molecule has 2 aromatic rings. The number of carbonyl (C=O) groups is 1. The van der Waals surface area contributed by atoms with Gasteiger partial charge in [0, 0.05) is 7.05 Å². The summed E-state index contributed by atoms with van der Waals surface area (Å²) in [5.41, 5.74) is 0.201. The third kappa shape index (κ3) is 3.47. The zero-order valence-electron chi connectivity index (χ0n) is 10.7. The molecular formula is C12H13BrN4O3. The van der Waals surface area contributed by atoms with Gasteiger partial charge in [-0.1, -0.05) is 0 Å². The summed E-state index contributed by atoms with van der Waals surface area (Å²) < 4.78 is 6.64. The molecule has 0 saturated heterocycles. The Morgan fingerprint density at radius 3 is 3.05 bits per heavy atom. The number of amides is 1. The maximum atomic E-state index is 11.6. The summed E-state index contributed by atoms with van der Waals surface area (Å²) in [6.45, 7) is 0.359. The number of aromatic nitrogens is 2. The van der Waals surface area contributed by atoms with E-state index in [0.29, 0.717) is 22.5 Å². The van der Waals surface area contributed by atoms with E-state index in [4.69, 9.17) is 4.42 Å². The molecule has 106 valence electrons. The lowest BCUT2D eigenvalue weighted by Crippen LogP contribution is -2.30. The molecule has 0 bridgehead atoms. The van der Waals surface area contributed by atoms with Gasteiger partial charge in [-0.3, -0.25) is 9.59 Å². The highest BCUT2D eigenvalue weighted by Gasteiger charge is 2.08. The number of carbonyl (C=O) groups excluding carboxylic acids is 1. The van der Waals surface area contributed by atoms with Gasteiger partial charge in [-0.15, -0.1) is 0 Å². The SMILES string of the molecule is Cn1ncc(NCC(=O)NCc2ccco2)c(Br)c1=O. The van der Waals surface area contributed by atoms with Gasteiger partial charge in [-0.05, 0) is 28.1 Å². The highest BCUT2D eigenvalue weighted by molar-refractivity contribution is 9.10. The lowest BCUT2D eigenvalue weighted by Gasteiger charge is -2.08. The molecular weight excluding hydrogens is 328 g/mol. The van der Waals surface area contributed by atoms with Crippen molar-refractivity contribution in [3.05, 3.63) is 45.2 Å². The van der Waals surface area contributed by atoms with Crippen LogP contribution in [0.25, 0.3) is 0 Å². The summed E-state index contributed by atoms with van der Waals surface area (Å²) in [7, 11) is 1.55. The number of aryl methyl sites for hydroxylation is 1. The molecule has 0 radical (unpaired) electrons. The first-order valence-corrected chi connectivity index (χ1v) is 6.62. The van der Waals surface area contributed by atoms with Gasteiger partial charge < -0.3 is 15.1 Å². The van der Waals surface area contributed by atoms with E-state index >= 15 is 0 Å². The summed E-state index contributed by atoms with van der Waals surface area (Å²) in [6, 6.07) is 3.53. The summed E-state index contributed by atoms with van der Waals surface area (Å²) in [4.78, 5) is 23.3. The fourth-order valence-corrected chi connectivity index (χ4v) is 1.97. The van der Waals surface area contributed by atoms with E-state index in [9.17, 15) is 9.59 Å². The van der Waals surface area contributed by atoms with Crippen molar-refractivity contribution >= 4 is 27.5 Å². The van der Waals surface area contributed by atoms with Gasteiger partial charge in [0.25, 0.3) is 5.56 Å². The predicted octanol–water partition coefficient (Wildman–Crippen LogP) is 0.864. The molecule has 2 N–H and O–H groups in total. The van der Waals surface area contributed by atoms with Crippen LogP contribution < -0.4 is 16.2 Å². The van der Waals surface area contributed by atoms with Crippen molar-refractivity contribution in [1.82, 2.24) is 15.1 Å². The standard InChI is InChI=1S/C12H13BrN4O3/c1-17-12(19)11(13)9(6-16-17)14-7-10(18)15-5-8-3-2-4-20-8/h2-4,6,14H,5,7H2,1H3,(H,15,18). The Bertz CT molecular complexity index is 651. The van der Waals surface area contributed by atoms with Gasteiger partial charge in [-0.2, -0.15) is 5.10 Å². The Labute approximate surface area is 123 Å². The van der Waals surface area contributed by atoms with E-state index in [1.54, 1.807) is 25.4 Å². The summed E-state index contributed by atoms with van der Waals surface area (Å²) in [5.74, 6) is 0.462. The quantitative estimate of drug-likeness (QED) is 0.842. The number of nitrogens with one attached hydrogen (secondary N) is 2. The second-order valence-corrected chi connectivity index (χ2v) is 4.80. The summed E-state index contributed by atoms with van der Waals surface area (Å²) >= 11 is 3.17. The molecule has 8 heteroatoms. The average molecular weight is 341 g/mol. The van der Waals surface area contributed by atoms with Crippen molar-refractivity contribution in [2.24, 2.45) is 7.05 Å². The van der Waals surface area contributed by atoms with Crippen LogP contribution in [0.4, 0.5) is 5.69 Å². The molecule has 0 aromatic carbocycles. The third-order valence-corrected chi connectivity index (χ3v) is 3.32. The van der Waals surface area contributed by atoms with Crippen LogP contribution in [0, 0.1) is 0 Å². The second kappa shape index (κ2) is 6.38. The van der Waals surface area contributed by atoms with E-state index in [1.807, 2.05) is 0 Å². The molecule has 1 amide bonds. The predicted molar refractivity (Wildman–Crippen MR) is 76.2 cm³/mol. The number of nitrogens with zero attached hydrogens (tertiary/aromatic N) is 2. The van der Waals surface area contributed by atoms with Gasteiger partial charge >= 0.3 is 0 Å². The Balaban J connectivity index is 1.87. The van der Waals surface area contributed by atoms with Gasteiger partial charge in [-0.25, -0.2) is 4.68 Å². The van der Waals surface area contributed by atoms with Crippen molar-refractivity contribution in [2.75, 3.05) is 11.9 Å². The number of hydrogen-bond acceptors (Lipinski definition) is 5. The van der Waals surface area contributed by atoms with Crippen LogP contribution in [0.15, 0.2) is 38.3 Å². The molecule has 0 spiro atoms. The largest absolute Gasteiger partial charge is 0.467 e. The van der Waals surface area contributed by atoms with Crippen molar-refractivity contribution in [3.63, 3.8) is 0 Å². The molecule has 0 atom stereocenters. The van der Waals surface area contributed by atoms with E-state index in [1.165, 1.54) is 10.9 Å². The van der Waals surface area contributed by atoms with Crippen LogP contribution in [0.1, 0.15) is 5.76 Å². The fraction of sp³-hybridized carbons (Fsp3) is 0.250. The molecule has 7 nitrogen and oxygen atoms in total. The molecule has 20 heavy (non-hydrogen) atoms. The number of furan rings is 1. The number of anilines is 1. The highest BCUT2D eigenvalue weighted by Crippen LogP contribution is 2.15. The molecule has 0 aliphatic carbocycles. The molecule has 2 aromatic heterocycles. The topological polar surface area (TPSA) is 89.2 Å². The van der Waals surface area contributed by atoms with E-state index < -0.39 is 0 Å². The first-order chi connectivity index (χ1) is 9.58. The van der Waals surface area contributed by atoms with Crippen molar-refractivity contribution in [1.29, 1.82) is 0 Å². The minimum Gasteiger partial charge on any atom is -0.467 e. The molecule has 0 aliphatic rings. The first-order valence-electron chi connectivity index (χ1n) is 5.82. The summed E-state index contributed by atoms with van der Waals surface area (Å²) in [5, 5.41) is 9.40. The maximum Gasteiger partial charge on any atom is 0.282 e. The van der Waals surface area contributed by atoms with Gasteiger partial charge in [0.15, 0.2) is 0 Å². The smallest absolute Gasteiger partial charge is 0.282 e. The van der Waals surface area contributed by atoms with Crippen LogP contribution >= 0.6 is 15.9 Å². The van der Waals surface area contributed by atoms with Crippen LogP contribution in [0.2, 0.25) is 0 Å². The van der Waals surface area contributed by atoms with Crippen molar-refractivity contribution in [3.8, 4) is 0 Å². The van der Waals surface area contributed by atoms with Gasteiger partial charge in [0.2, 0.25) is 5.91 Å². The Hall–Kier alpha value is -2.09. The van der Waals surface area contributed by atoms with E-state index in [-0.39, 0.29) is 18.0 Å². The van der Waals surface area contributed by atoms with E-state index in [0.717, 1.165) is 0 Å². The summed E-state index contributed by atoms with van der Waals surface area (Å²) in [6.07, 6.45) is 3.02. The minimum atomic E-state index is -0.272. The normalized spacial score (nSPS) is 10.3. The number of rotatable bonds is 5. The van der Waals surface area contributed by atoms with Gasteiger partial charge in [0.05, 0.1) is 31.2 Å². The lowest BCUT2D eigenvalue weighted by atomic mass is 10.4. The Morgan fingerprint density at radius 2 is 2.35 bits per heavy atom. The molecule has 2 rings (SSSR count). The first kappa shape index (κ1) is 14.3. The Kier molecular flexibility index (Phi) is 4.57. The zero-order valence-corrected chi connectivity index (χ0v) is 12.3. The lowest BCUT2D eigenvalue weighted by molar-refractivity contribution is -0.119. The molecule has 0 aliphatic heterocycles. The van der Waals surface area contributed by atoms with Crippen LogP contribution in [-0.2, 0) is 18.4 Å². The van der Waals surface area contributed by atoms with Crippen LogP contribution in [0.5, 0.6) is 0 Å². The monoisotopic (exact) mass is 340 g/mol. The molecule has 0 fully saturated rings. The van der Waals surface area contributed by atoms with Crippen LogP contribution in [-0.4, -0.2) is 22.2 Å². The van der Waals surface area contributed by atoms with Gasteiger partial charge in [0.1, 0.15) is 10.2 Å². The van der Waals surface area contributed by atoms with Crippen molar-refractivity contribution in [2.45, 2.75) is 6.54 Å². The second-order valence-electron chi connectivity index (χ2n) is 4.01. The number of halogens is 1. The minimum absolute atomic E-state index is 0.0359. The molecule has 0 saturated carbocycles. The number of hydrogen-bond donors (Lipinski definition) is 2. The average Bonchev–Trinajstić information content (AvgIpc) is 2.95. The zero-order chi connectivity index (χ0) is 14.5. The molecule has 2 heterocycles. The highest BCUT2D eigenvalue weighted by atomic mass is 79.9. The van der Waals surface area contributed by atoms with E-state index in [2.05, 4.69) is 31.7 Å². The maximum absolute atomic E-state index is 11.6. The third-order valence-electron chi connectivity index (χ3n) is 2.56.